The van der Waals surface area contributed by atoms with Crippen molar-refractivity contribution in [3.05, 3.63) is 66.5 Å². The molecule has 0 aromatic carbocycles. The Balaban J connectivity index is 1.17. The minimum Gasteiger partial charge on any atom is -0.383 e. The lowest BCUT2D eigenvalue weighted by atomic mass is 10.2. The van der Waals surface area contributed by atoms with Crippen LogP contribution in [0.1, 0.15) is 24.2 Å². The second-order valence-electron chi connectivity index (χ2n) is 9.93. The van der Waals surface area contributed by atoms with E-state index in [9.17, 15) is 9.18 Å². The SMILES string of the molecule is COC[C@H]1CCCN1Cc1cc(Nc2nc(C)cn3c(-c4cnn(CC(=O)Nc5ccncc5F)c4)cnc23)sn1. The third-order valence-electron chi connectivity index (χ3n) is 6.92. The number of aryl methyl sites for hydroxylation is 1. The van der Waals surface area contributed by atoms with E-state index in [1.54, 1.807) is 25.7 Å². The van der Waals surface area contributed by atoms with Crippen LogP contribution in [0.4, 0.5) is 20.9 Å². The average molecular weight is 577 g/mol. The van der Waals surface area contributed by atoms with Crippen LogP contribution in [0.2, 0.25) is 0 Å². The van der Waals surface area contributed by atoms with Crippen LogP contribution in [0.25, 0.3) is 16.9 Å². The number of nitrogens with one attached hydrogen (secondary N) is 2. The summed E-state index contributed by atoms with van der Waals surface area (Å²) in [5.74, 6) is -0.383. The number of hydrogen-bond acceptors (Lipinski definition) is 10. The largest absolute Gasteiger partial charge is 0.383 e. The fourth-order valence-electron chi connectivity index (χ4n) is 5.06. The molecule has 0 bridgehead atoms. The predicted octanol–water partition coefficient (Wildman–Crippen LogP) is 3.88. The van der Waals surface area contributed by atoms with Crippen molar-refractivity contribution in [2.45, 2.75) is 38.9 Å². The zero-order chi connectivity index (χ0) is 28.3. The van der Waals surface area contributed by atoms with Gasteiger partial charge in [0.25, 0.3) is 0 Å². The first-order chi connectivity index (χ1) is 20.0. The number of aromatic nitrogens is 7. The third kappa shape index (κ3) is 5.94. The molecule has 0 radical (unpaired) electrons. The highest BCUT2D eigenvalue weighted by Crippen LogP contribution is 2.29. The van der Waals surface area contributed by atoms with Gasteiger partial charge in [-0.25, -0.2) is 14.4 Å². The highest BCUT2D eigenvalue weighted by Gasteiger charge is 2.25. The summed E-state index contributed by atoms with van der Waals surface area (Å²) in [4.78, 5) is 27.9. The number of nitrogens with zero attached hydrogens (tertiary/aromatic N) is 8. The Morgan fingerprint density at radius 2 is 2.17 bits per heavy atom. The van der Waals surface area contributed by atoms with E-state index in [2.05, 4.69) is 41.0 Å². The van der Waals surface area contributed by atoms with Gasteiger partial charge >= 0.3 is 0 Å². The van der Waals surface area contributed by atoms with Gasteiger partial charge in [-0.1, -0.05) is 0 Å². The van der Waals surface area contributed by atoms with Crippen molar-refractivity contribution in [2.75, 3.05) is 30.9 Å². The van der Waals surface area contributed by atoms with Gasteiger partial charge in [0.15, 0.2) is 17.3 Å². The number of anilines is 3. The molecule has 1 atom stereocenters. The van der Waals surface area contributed by atoms with Gasteiger partial charge in [-0.05, 0) is 50.0 Å². The number of rotatable bonds is 10. The van der Waals surface area contributed by atoms with Crippen LogP contribution in [-0.2, 0) is 22.6 Å². The first kappa shape index (κ1) is 26.9. The molecule has 1 aliphatic rings. The molecule has 212 valence electrons. The minimum absolute atomic E-state index is 0.0709. The Hall–Kier alpha value is -4.27. The van der Waals surface area contributed by atoms with Crippen molar-refractivity contribution in [3.8, 4) is 11.3 Å². The predicted molar refractivity (Wildman–Crippen MR) is 152 cm³/mol. The molecule has 0 unspecified atom stereocenters. The minimum atomic E-state index is -0.599. The number of methoxy groups -OCH3 is 1. The third-order valence-corrected chi connectivity index (χ3v) is 7.66. The molecular formula is C27H29FN10O2S. The number of imidazole rings is 1. The number of hydrogen-bond donors (Lipinski definition) is 2. The van der Waals surface area contributed by atoms with E-state index in [1.165, 1.54) is 34.9 Å². The van der Waals surface area contributed by atoms with Crippen LogP contribution in [0.3, 0.4) is 0 Å². The van der Waals surface area contributed by atoms with Gasteiger partial charge in [0.1, 0.15) is 11.5 Å². The van der Waals surface area contributed by atoms with Crippen molar-refractivity contribution in [1.29, 1.82) is 0 Å². The molecule has 6 heterocycles. The molecule has 5 aromatic rings. The Morgan fingerprint density at radius 3 is 3.02 bits per heavy atom. The van der Waals surface area contributed by atoms with Crippen LogP contribution in [0.5, 0.6) is 0 Å². The van der Waals surface area contributed by atoms with Crippen molar-refractivity contribution in [2.24, 2.45) is 0 Å². The number of ether oxygens (including phenoxy) is 1. The van der Waals surface area contributed by atoms with Gasteiger partial charge in [0, 0.05) is 43.9 Å². The molecule has 12 nitrogen and oxygen atoms in total. The normalized spacial score (nSPS) is 15.5. The number of carbonyl (C=O) groups excluding carboxylic acids is 1. The summed E-state index contributed by atoms with van der Waals surface area (Å²) < 4.78 is 27.3. The molecule has 0 saturated carbocycles. The number of halogens is 1. The molecule has 6 rings (SSSR count). The molecule has 5 aromatic heterocycles. The van der Waals surface area contributed by atoms with Gasteiger partial charge in [-0.3, -0.25) is 23.8 Å². The van der Waals surface area contributed by atoms with Gasteiger partial charge in [-0.2, -0.15) is 9.47 Å². The van der Waals surface area contributed by atoms with E-state index < -0.39 is 11.7 Å². The maximum absolute atomic E-state index is 13.8. The lowest BCUT2D eigenvalue weighted by Gasteiger charge is -2.22. The van der Waals surface area contributed by atoms with Gasteiger partial charge < -0.3 is 15.4 Å². The van der Waals surface area contributed by atoms with E-state index in [0.717, 1.165) is 60.0 Å². The molecule has 0 aliphatic carbocycles. The Kier molecular flexibility index (Phi) is 7.67. The highest BCUT2D eigenvalue weighted by molar-refractivity contribution is 7.10. The lowest BCUT2D eigenvalue weighted by Crippen LogP contribution is -2.32. The molecule has 1 amide bonds. The number of carbonyl (C=O) groups is 1. The Morgan fingerprint density at radius 1 is 1.27 bits per heavy atom. The first-order valence-electron chi connectivity index (χ1n) is 13.2. The summed E-state index contributed by atoms with van der Waals surface area (Å²) >= 11 is 1.40. The van der Waals surface area contributed by atoms with Gasteiger partial charge in [0.2, 0.25) is 5.91 Å². The monoisotopic (exact) mass is 576 g/mol. The van der Waals surface area contributed by atoms with Crippen LogP contribution >= 0.6 is 11.5 Å². The summed E-state index contributed by atoms with van der Waals surface area (Å²) in [7, 11) is 1.75. The molecule has 41 heavy (non-hydrogen) atoms. The van der Waals surface area contributed by atoms with Gasteiger partial charge in [-0.15, -0.1) is 0 Å². The van der Waals surface area contributed by atoms with Crippen molar-refractivity contribution in [1.82, 2.24) is 38.4 Å². The van der Waals surface area contributed by atoms with Crippen LogP contribution in [0, 0.1) is 12.7 Å². The number of fused-ring (bicyclic) bond motifs is 1. The second kappa shape index (κ2) is 11.7. The summed E-state index contributed by atoms with van der Waals surface area (Å²) in [6, 6.07) is 3.90. The van der Waals surface area contributed by atoms with Crippen molar-refractivity contribution < 1.29 is 13.9 Å². The van der Waals surface area contributed by atoms with Crippen molar-refractivity contribution in [3.63, 3.8) is 0 Å². The fourth-order valence-corrected chi connectivity index (χ4v) is 5.71. The second-order valence-corrected chi connectivity index (χ2v) is 10.7. The Labute approximate surface area is 239 Å². The van der Waals surface area contributed by atoms with E-state index >= 15 is 0 Å². The molecule has 1 fully saturated rings. The quantitative estimate of drug-likeness (QED) is 0.255. The number of likely N-dealkylation sites (tertiary alicyclic amines) is 1. The molecular weight excluding hydrogens is 547 g/mol. The first-order valence-corrected chi connectivity index (χ1v) is 14.0. The van der Waals surface area contributed by atoms with E-state index in [1.807, 2.05) is 17.5 Å². The zero-order valence-electron chi connectivity index (χ0n) is 22.6. The standard InChI is InChI=1S/C27H29FN10O2S/c1-17-12-38-23(18-9-31-37(13-18)15-24(39)33-22-5-6-29-10-21(22)28)11-30-27(38)26(32-17)34-25-8-19(35-41-25)14-36-7-3-4-20(36)16-40-2/h5-6,8-13,20H,3-4,7,14-16H2,1-2H3,(H,32,34)(H,29,33,39)/t20-/m1/s1. The van der Waals surface area contributed by atoms with Crippen molar-refractivity contribution >= 4 is 39.6 Å². The van der Waals surface area contributed by atoms with E-state index in [0.29, 0.717) is 17.5 Å². The average Bonchev–Trinajstić information content (AvgIpc) is 3.75. The van der Waals surface area contributed by atoms with Crippen LogP contribution in [0.15, 0.2) is 49.3 Å². The molecule has 1 aliphatic heterocycles. The number of amides is 1. The summed E-state index contributed by atoms with van der Waals surface area (Å²) in [6.07, 6.45) is 11.8. The summed E-state index contributed by atoms with van der Waals surface area (Å²) in [6.45, 7) is 4.41. The topological polar surface area (TPSA) is 127 Å². The van der Waals surface area contributed by atoms with E-state index in [-0.39, 0.29) is 12.2 Å². The molecule has 2 N–H and O–H groups in total. The molecule has 14 heteroatoms. The summed E-state index contributed by atoms with van der Waals surface area (Å²) in [5.41, 5.74) is 4.10. The van der Waals surface area contributed by atoms with Crippen LogP contribution in [-0.4, -0.2) is 70.6 Å². The maximum Gasteiger partial charge on any atom is 0.246 e. The molecule has 1 saturated heterocycles. The highest BCUT2D eigenvalue weighted by atomic mass is 32.1. The van der Waals surface area contributed by atoms with Gasteiger partial charge in [0.05, 0.1) is 48.0 Å². The lowest BCUT2D eigenvalue weighted by molar-refractivity contribution is -0.116. The smallest absolute Gasteiger partial charge is 0.246 e. The fraction of sp³-hybridized carbons (Fsp3) is 0.333. The summed E-state index contributed by atoms with van der Waals surface area (Å²) in [5, 5.41) is 11.1. The molecule has 0 spiro atoms. The van der Waals surface area contributed by atoms with E-state index in [4.69, 9.17) is 9.72 Å². The zero-order valence-corrected chi connectivity index (χ0v) is 23.4. The Bertz CT molecular complexity index is 1680. The van der Waals surface area contributed by atoms with Crippen LogP contribution < -0.4 is 10.6 Å². The maximum atomic E-state index is 13.8. The number of pyridine rings is 1.